The zero-order valence-electron chi connectivity index (χ0n) is 11.8. The van der Waals surface area contributed by atoms with E-state index in [1.807, 2.05) is 24.3 Å². The van der Waals surface area contributed by atoms with E-state index in [2.05, 4.69) is 21.2 Å². The Morgan fingerprint density at radius 1 is 1.33 bits per heavy atom. The number of aliphatic carboxylic acids is 1. The predicted molar refractivity (Wildman–Crippen MR) is 84.0 cm³/mol. The van der Waals surface area contributed by atoms with Gasteiger partial charge in [-0.25, -0.2) is 4.79 Å². The molecule has 0 bridgehead atoms. The first kappa shape index (κ1) is 16.0. The van der Waals surface area contributed by atoms with Crippen LogP contribution in [-0.2, 0) is 16.0 Å². The lowest BCUT2D eigenvalue weighted by Crippen LogP contribution is -2.42. The first-order valence-electron chi connectivity index (χ1n) is 7.31. The van der Waals surface area contributed by atoms with Crippen LogP contribution in [0.25, 0.3) is 0 Å². The van der Waals surface area contributed by atoms with E-state index in [1.165, 1.54) is 12.8 Å². The molecule has 1 aromatic rings. The maximum absolute atomic E-state index is 12.0. The topological polar surface area (TPSA) is 66.4 Å². The molecule has 114 valence electrons. The molecule has 1 aromatic carbocycles. The van der Waals surface area contributed by atoms with Crippen molar-refractivity contribution < 1.29 is 14.7 Å². The number of hydrogen-bond acceptors (Lipinski definition) is 2. The van der Waals surface area contributed by atoms with Gasteiger partial charge in [0.1, 0.15) is 6.04 Å². The molecule has 2 N–H and O–H groups in total. The van der Waals surface area contributed by atoms with Gasteiger partial charge in [0, 0.05) is 17.3 Å². The quantitative estimate of drug-likeness (QED) is 0.825. The van der Waals surface area contributed by atoms with Crippen LogP contribution < -0.4 is 5.32 Å². The highest BCUT2D eigenvalue weighted by atomic mass is 79.9. The number of amides is 1. The van der Waals surface area contributed by atoms with Gasteiger partial charge in [-0.2, -0.15) is 0 Å². The van der Waals surface area contributed by atoms with Gasteiger partial charge in [0.15, 0.2) is 0 Å². The minimum atomic E-state index is -0.991. The van der Waals surface area contributed by atoms with Crippen LogP contribution in [-0.4, -0.2) is 23.0 Å². The van der Waals surface area contributed by atoms with Crippen LogP contribution in [0.3, 0.4) is 0 Å². The number of carboxylic acid groups (broad SMARTS) is 1. The lowest BCUT2D eigenvalue weighted by atomic mass is 10.0. The average molecular weight is 354 g/mol. The molecule has 0 spiro atoms. The molecule has 5 heteroatoms. The van der Waals surface area contributed by atoms with Crippen LogP contribution in [0.4, 0.5) is 0 Å². The molecule has 4 nitrogen and oxygen atoms in total. The van der Waals surface area contributed by atoms with Crippen molar-refractivity contribution in [1.29, 1.82) is 0 Å². The van der Waals surface area contributed by atoms with Gasteiger partial charge in [-0.05, 0) is 36.5 Å². The second-order valence-corrected chi connectivity index (χ2v) is 6.56. The summed E-state index contributed by atoms with van der Waals surface area (Å²) < 4.78 is 0.904. The van der Waals surface area contributed by atoms with Crippen molar-refractivity contribution in [3.8, 4) is 0 Å². The van der Waals surface area contributed by atoms with E-state index in [-0.39, 0.29) is 5.91 Å². The summed E-state index contributed by atoms with van der Waals surface area (Å²) >= 11 is 3.36. The minimum absolute atomic E-state index is 0.149. The van der Waals surface area contributed by atoms with Crippen molar-refractivity contribution in [2.24, 2.45) is 5.92 Å². The number of carboxylic acids is 1. The first-order chi connectivity index (χ1) is 10.0. The number of carbonyl (C=O) groups is 2. The summed E-state index contributed by atoms with van der Waals surface area (Å²) in [4.78, 5) is 23.3. The molecule has 1 saturated carbocycles. The summed E-state index contributed by atoms with van der Waals surface area (Å²) in [5.74, 6) is -0.718. The van der Waals surface area contributed by atoms with E-state index in [0.29, 0.717) is 18.8 Å². The molecule has 1 aliphatic carbocycles. The van der Waals surface area contributed by atoms with Gasteiger partial charge >= 0.3 is 5.97 Å². The highest BCUT2D eigenvalue weighted by Gasteiger charge is 2.23. The number of rotatable bonds is 6. The van der Waals surface area contributed by atoms with Crippen LogP contribution in [0.1, 0.15) is 37.7 Å². The van der Waals surface area contributed by atoms with Gasteiger partial charge in [-0.1, -0.05) is 40.9 Å². The van der Waals surface area contributed by atoms with Gasteiger partial charge in [0.05, 0.1) is 0 Å². The third-order valence-corrected chi connectivity index (χ3v) is 4.40. The van der Waals surface area contributed by atoms with Gasteiger partial charge in [0.2, 0.25) is 5.91 Å². The summed E-state index contributed by atoms with van der Waals surface area (Å²) in [7, 11) is 0. The maximum atomic E-state index is 12.0. The molecule has 0 radical (unpaired) electrons. The summed E-state index contributed by atoms with van der Waals surface area (Å²) in [5.41, 5.74) is 0.887. The molecule has 1 atom stereocenters. The summed E-state index contributed by atoms with van der Waals surface area (Å²) in [6, 6.07) is 6.62. The van der Waals surface area contributed by atoms with E-state index >= 15 is 0 Å². The zero-order valence-corrected chi connectivity index (χ0v) is 13.4. The molecule has 0 aromatic heterocycles. The molecule has 0 unspecified atom stereocenters. The van der Waals surface area contributed by atoms with Crippen molar-refractivity contribution in [2.45, 2.75) is 44.6 Å². The Balaban J connectivity index is 1.92. The van der Waals surface area contributed by atoms with E-state index < -0.39 is 12.0 Å². The van der Waals surface area contributed by atoms with E-state index in [0.717, 1.165) is 22.9 Å². The van der Waals surface area contributed by atoms with Gasteiger partial charge in [-0.3, -0.25) is 4.79 Å². The standard InChI is InChI=1S/C16H20BrNO3/c17-13-7-3-6-12(8-13)9-14(16(20)21)18-15(19)10-11-4-1-2-5-11/h3,6-8,11,14H,1-2,4-5,9-10H2,(H,18,19)(H,20,21)/t14-/m1/s1. The van der Waals surface area contributed by atoms with Crippen molar-refractivity contribution in [1.82, 2.24) is 5.32 Å². The largest absolute Gasteiger partial charge is 0.480 e. The smallest absolute Gasteiger partial charge is 0.326 e. The van der Waals surface area contributed by atoms with Crippen molar-refractivity contribution in [3.05, 3.63) is 34.3 Å². The first-order valence-corrected chi connectivity index (χ1v) is 8.10. The van der Waals surface area contributed by atoms with Gasteiger partial charge < -0.3 is 10.4 Å². The fraction of sp³-hybridized carbons (Fsp3) is 0.500. The highest BCUT2D eigenvalue weighted by Crippen LogP contribution is 2.27. The second-order valence-electron chi connectivity index (χ2n) is 5.65. The minimum Gasteiger partial charge on any atom is -0.480 e. The van der Waals surface area contributed by atoms with Crippen LogP contribution >= 0.6 is 15.9 Å². The van der Waals surface area contributed by atoms with Crippen molar-refractivity contribution in [2.75, 3.05) is 0 Å². The molecule has 0 saturated heterocycles. The van der Waals surface area contributed by atoms with Crippen LogP contribution in [0.15, 0.2) is 28.7 Å². The number of hydrogen-bond donors (Lipinski definition) is 2. The van der Waals surface area contributed by atoms with Crippen molar-refractivity contribution >= 4 is 27.8 Å². The van der Waals surface area contributed by atoms with Gasteiger partial charge in [-0.15, -0.1) is 0 Å². The van der Waals surface area contributed by atoms with E-state index in [1.54, 1.807) is 0 Å². The predicted octanol–water partition coefficient (Wildman–Crippen LogP) is 3.14. The number of benzene rings is 1. The zero-order chi connectivity index (χ0) is 15.2. The monoisotopic (exact) mass is 353 g/mol. The third kappa shape index (κ3) is 5.16. The molecular weight excluding hydrogens is 334 g/mol. The fourth-order valence-corrected chi connectivity index (χ4v) is 3.28. The fourth-order valence-electron chi connectivity index (χ4n) is 2.83. The lowest BCUT2D eigenvalue weighted by molar-refractivity contribution is -0.141. The summed E-state index contributed by atoms with van der Waals surface area (Å²) in [6.07, 6.45) is 5.26. The van der Waals surface area contributed by atoms with E-state index in [4.69, 9.17) is 0 Å². The number of carbonyl (C=O) groups excluding carboxylic acids is 1. The number of halogens is 1. The molecule has 0 heterocycles. The Kier molecular flexibility index (Phi) is 5.79. The normalized spacial score (nSPS) is 16.6. The average Bonchev–Trinajstić information content (AvgIpc) is 2.90. The highest BCUT2D eigenvalue weighted by molar-refractivity contribution is 9.10. The third-order valence-electron chi connectivity index (χ3n) is 3.91. The molecule has 21 heavy (non-hydrogen) atoms. The van der Waals surface area contributed by atoms with Crippen LogP contribution in [0, 0.1) is 5.92 Å². The number of nitrogens with one attached hydrogen (secondary N) is 1. The lowest BCUT2D eigenvalue weighted by Gasteiger charge is -2.16. The summed E-state index contributed by atoms with van der Waals surface area (Å²) in [6.45, 7) is 0. The Morgan fingerprint density at radius 3 is 2.67 bits per heavy atom. The Bertz CT molecular complexity index is 512. The van der Waals surface area contributed by atoms with E-state index in [9.17, 15) is 14.7 Å². The molecule has 1 amide bonds. The van der Waals surface area contributed by atoms with Crippen molar-refractivity contribution in [3.63, 3.8) is 0 Å². The van der Waals surface area contributed by atoms with Crippen LogP contribution in [0.2, 0.25) is 0 Å². The molecule has 0 aliphatic heterocycles. The molecule has 1 fully saturated rings. The SMILES string of the molecule is O=C(CC1CCCC1)N[C@H](Cc1cccc(Br)c1)C(=O)O. The Morgan fingerprint density at radius 2 is 2.05 bits per heavy atom. The van der Waals surface area contributed by atoms with Gasteiger partial charge in [0.25, 0.3) is 0 Å². The Hall–Kier alpha value is -1.36. The second kappa shape index (κ2) is 7.59. The van der Waals surface area contributed by atoms with Crippen LogP contribution in [0.5, 0.6) is 0 Å². The Labute approximate surface area is 133 Å². The molecular formula is C16H20BrNO3. The molecule has 1 aliphatic rings. The maximum Gasteiger partial charge on any atom is 0.326 e. The molecule has 2 rings (SSSR count). The summed E-state index contributed by atoms with van der Waals surface area (Å²) in [5, 5.41) is 11.9.